The average Bonchev–Trinajstić information content (AvgIpc) is 2.79. The van der Waals surface area contributed by atoms with Gasteiger partial charge in [0.1, 0.15) is 5.69 Å². The Hall–Kier alpha value is -3.06. The monoisotopic (exact) mass is 406 g/mol. The normalized spacial score (nSPS) is 14.9. The number of hydrogen-bond donors (Lipinski definition) is 1. The number of para-hydroxylation sites is 1. The third-order valence-corrected chi connectivity index (χ3v) is 5.63. The zero-order valence-electron chi connectivity index (χ0n) is 17.1. The number of aryl methyl sites for hydroxylation is 1. The maximum Gasteiger partial charge on any atom is 0.306 e. The van der Waals surface area contributed by atoms with E-state index in [-0.39, 0.29) is 5.92 Å². The summed E-state index contributed by atoms with van der Waals surface area (Å²) in [6.07, 6.45) is 6.53. The second-order valence-corrected chi connectivity index (χ2v) is 7.61. The Morgan fingerprint density at radius 2 is 2.00 bits per heavy atom. The van der Waals surface area contributed by atoms with Crippen LogP contribution in [0.5, 0.6) is 0 Å². The molecular formula is C23H26N4O3. The van der Waals surface area contributed by atoms with Crippen LogP contribution in [0.4, 0.5) is 5.82 Å². The molecule has 2 aromatic heterocycles. The summed E-state index contributed by atoms with van der Waals surface area (Å²) in [6, 6.07) is 9.99. The van der Waals surface area contributed by atoms with Crippen molar-refractivity contribution >= 4 is 22.7 Å². The standard InChI is InChI=1S/C23H26N4O3/c1-30-14-4-5-17-15-25-21(19-8-11-24-20-7-3-2-6-18(19)20)22(26-17)27-12-9-16(10-13-27)23(28)29/h2-3,6-8,11,15-16H,4-5,9-10,12-14H2,1H3,(H,28,29). The highest BCUT2D eigenvalue weighted by atomic mass is 16.5. The number of nitrogens with zero attached hydrogens (tertiary/aromatic N) is 4. The number of carbonyl (C=O) groups is 1. The van der Waals surface area contributed by atoms with Gasteiger partial charge in [0.05, 0.1) is 17.1 Å². The van der Waals surface area contributed by atoms with Gasteiger partial charge in [0.15, 0.2) is 5.82 Å². The van der Waals surface area contributed by atoms with Crippen molar-refractivity contribution in [3.8, 4) is 11.3 Å². The number of ether oxygens (including phenoxy) is 1. The van der Waals surface area contributed by atoms with Crippen molar-refractivity contribution in [3.05, 3.63) is 48.4 Å². The van der Waals surface area contributed by atoms with Gasteiger partial charge in [0.25, 0.3) is 0 Å². The van der Waals surface area contributed by atoms with Gasteiger partial charge in [-0.25, -0.2) is 4.98 Å². The quantitative estimate of drug-likeness (QED) is 0.600. The molecule has 156 valence electrons. The molecule has 1 fully saturated rings. The van der Waals surface area contributed by atoms with Crippen molar-refractivity contribution in [1.82, 2.24) is 15.0 Å². The van der Waals surface area contributed by atoms with Crippen LogP contribution in [0, 0.1) is 5.92 Å². The van der Waals surface area contributed by atoms with Crippen LogP contribution in [0.15, 0.2) is 42.7 Å². The molecule has 1 aliphatic heterocycles. The smallest absolute Gasteiger partial charge is 0.306 e. The van der Waals surface area contributed by atoms with Gasteiger partial charge in [0, 0.05) is 50.1 Å². The summed E-state index contributed by atoms with van der Waals surface area (Å²) < 4.78 is 5.16. The van der Waals surface area contributed by atoms with Gasteiger partial charge in [-0.1, -0.05) is 18.2 Å². The molecule has 3 aromatic rings. The van der Waals surface area contributed by atoms with Gasteiger partial charge >= 0.3 is 5.97 Å². The molecule has 7 nitrogen and oxygen atoms in total. The van der Waals surface area contributed by atoms with E-state index in [4.69, 9.17) is 14.7 Å². The van der Waals surface area contributed by atoms with Crippen LogP contribution in [0.25, 0.3) is 22.2 Å². The minimum absolute atomic E-state index is 0.288. The van der Waals surface area contributed by atoms with Crippen LogP contribution in [-0.4, -0.2) is 52.8 Å². The molecule has 0 amide bonds. The minimum atomic E-state index is -0.714. The fourth-order valence-corrected chi connectivity index (χ4v) is 3.98. The third kappa shape index (κ3) is 4.26. The van der Waals surface area contributed by atoms with Gasteiger partial charge in [0.2, 0.25) is 0 Å². The van der Waals surface area contributed by atoms with Crippen LogP contribution in [0.3, 0.4) is 0 Å². The number of carboxylic acids is 1. The molecule has 3 heterocycles. The Balaban J connectivity index is 1.73. The summed E-state index contributed by atoms with van der Waals surface area (Å²) >= 11 is 0. The molecule has 0 bridgehead atoms. The van der Waals surface area contributed by atoms with Crippen molar-refractivity contribution < 1.29 is 14.6 Å². The first-order valence-electron chi connectivity index (χ1n) is 10.3. The Bertz CT molecular complexity index is 1030. The number of rotatable bonds is 7. The summed E-state index contributed by atoms with van der Waals surface area (Å²) in [6.45, 7) is 1.99. The Kier molecular flexibility index (Phi) is 6.18. The van der Waals surface area contributed by atoms with Crippen LogP contribution >= 0.6 is 0 Å². The van der Waals surface area contributed by atoms with E-state index in [1.807, 2.05) is 36.5 Å². The number of piperidine rings is 1. The van der Waals surface area contributed by atoms with E-state index in [2.05, 4.69) is 9.88 Å². The number of fused-ring (bicyclic) bond motifs is 1. The average molecular weight is 406 g/mol. The molecule has 7 heteroatoms. The number of methoxy groups -OCH3 is 1. The lowest BCUT2D eigenvalue weighted by atomic mass is 9.96. The molecule has 1 aromatic carbocycles. The predicted octanol–water partition coefficient (Wildman–Crippen LogP) is 3.57. The summed E-state index contributed by atoms with van der Waals surface area (Å²) in [5.74, 6) is -0.177. The number of aliphatic carboxylic acids is 1. The fraction of sp³-hybridized carbons (Fsp3) is 0.391. The maximum absolute atomic E-state index is 11.4. The lowest BCUT2D eigenvalue weighted by Crippen LogP contribution is -2.37. The van der Waals surface area contributed by atoms with E-state index < -0.39 is 5.97 Å². The first-order chi connectivity index (χ1) is 14.7. The summed E-state index contributed by atoms with van der Waals surface area (Å²) in [5, 5.41) is 10.4. The van der Waals surface area contributed by atoms with Gasteiger partial charge in [-0.05, 0) is 37.8 Å². The van der Waals surface area contributed by atoms with Crippen LogP contribution in [-0.2, 0) is 16.0 Å². The highest BCUT2D eigenvalue weighted by Crippen LogP contribution is 2.34. The van der Waals surface area contributed by atoms with Crippen LogP contribution in [0.1, 0.15) is 25.0 Å². The predicted molar refractivity (Wildman–Crippen MR) is 116 cm³/mol. The van der Waals surface area contributed by atoms with E-state index in [1.165, 1.54) is 0 Å². The van der Waals surface area contributed by atoms with E-state index in [0.29, 0.717) is 32.5 Å². The number of carboxylic acid groups (broad SMARTS) is 1. The third-order valence-electron chi connectivity index (χ3n) is 5.63. The number of pyridine rings is 1. The molecule has 0 atom stereocenters. The molecule has 0 spiro atoms. The van der Waals surface area contributed by atoms with Gasteiger partial charge in [-0.2, -0.15) is 0 Å². The Morgan fingerprint density at radius 1 is 1.20 bits per heavy atom. The summed E-state index contributed by atoms with van der Waals surface area (Å²) in [4.78, 5) is 27.8. The Morgan fingerprint density at radius 3 is 2.77 bits per heavy atom. The maximum atomic E-state index is 11.4. The zero-order valence-corrected chi connectivity index (χ0v) is 17.1. The number of hydrogen-bond acceptors (Lipinski definition) is 6. The molecule has 1 saturated heterocycles. The SMILES string of the molecule is COCCCc1cnc(-c2ccnc3ccccc23)c(N2CCC(C(=O)O)CC2)n1. The van der Waals surface area contributed by atoms with E-state index in [9.17, 15) is 9.90 Å². The van der Waals surface area contributed by atoms with Crippen molar-refractivity contribution in [1.29, 1.82) is 0 Å². The van der Waals surface area contributed by atoms with Crippen molar-refractivity contribution in [3.63, 3.8) is 0 Å². The van der Waals surface area contributed by atoms with Crippen molar-refractivity contribution in [2.45, 2.75) is 25.7 Å². The molecule has 0 saturated carbocycles. The largest absolute Gasteiger partial charge is 0.481 e. The van der Waals surface area contributed by atoms with Crippen LogP contribution in [0.2, 0.25) is 0 Å². The molecule has 0 aliphatic carbocycles. The lowest BCUT2D eigenvalue weighted by molar-refractivity contribution is -0.142. The molecule has 30 heavy (non-hydrogen) atoms. The first kappa shape index (κ1) is 20.2. The topological polar surface area (TPSA) is 88.4 Å². The number of anilines is 1. The second-order valence-electron chi connectivity index (χ2n) is 7.61. The fourth-order valence-electron chi connectivity index (χ4n) is 3.98. The van der Waals surface area contributed by atoms with Gasteiger partial charge in [-0.15, -0.1) is 0 Å². The summed E-state index contributed by atoms with van der Waals surface area (Å²) in [7, 11) is 1.70. The van der Waals surface area contributed by atoms with Gasteiger partial charge in [-0.3, -0.25) is 14.8 Å². The number of benzene rings is 1. The zero-order chi connectivity index (χ0) is 20.9. The second kappa shape index (κ2) is 9.17. The Labute approximate surface area is 175 Å². The van der Waals surface area contributed by atoms with E-state index in [1.54, 1.807) is 13.3 Å². The molecule has 1 aliphatic rings. The van der Waals surface area contributed by atoms with Gasteiger partial charge < -0.3 is 14.7 Å². The highest BCUT2D eigenvalue weighted by molar-refractivity contribution is 5.95. The number of aromatic nitrogens is 3. The minimum Gasteiger partial charge on any atom is -0.481 e. The van der Waals surface area contributed by atoms with E-state index >= 15 is 0 Å². The molecule has 4 rings (SSSR count). The van der Waals surface area contributed by atoms with Crippen LogP contribution < -0.4 is 4.90 Å². The highest BCUT2D eigenvalue weighted by Gasteiger charge is 2.27. The lowest BCUT2D eigenvalue weighted by Gasteiger charge is -2.32. The first-order valence-corrected chi connectivity index (χ1v) is 10.3. The molecule has 0 unspecified atom stereocenters. The molecular weight excluding hydrogens is 380 g/mol. The molecule has 1 N–H and O–H groups in total. The van der Waals surface area contributed by atoms with E-state index in [0.717, 1.165) is 46.5 Å². The summed E-state index contributed by atoms with van der Waals surface area (Å²) in [5.41, 5.74) is 3.64. The van der Waals surface area contributed by atoms with Crippen molar-refractivity contribution in [2.75, 3.05) is 31.7 Å². The van der Waals surface area contributed by atoms with Crippen molar-refractivity contribution in [2.24, 2.45) is 5.92 Å². The molecule has 0 radical (unpaired) electrons.